The van der Waals surface area contributed by atoms with Crippen molar-refractivity contribution in [2.75, 3.05) is 33.6 Å². The summed E-state index contributed by atoms with van der Waals surface area (Å²) in [5.41, 5.74) is 5.44. The molecule has 0 saturated heterocycles. The molecular formula is C7H16N2O3S. The Labute approximate surface area is 79.1 Å². The van der Waals surface area contributed by atoms with E-state index in [0.29, 0.717) is 0 Å². The van der Waals surface area contributed by atoms with Crippen molar-refractivity contribution in [3.8, 4) is 0 Å². The Kier molecular flexibility index (Phi) is 4.79. The van der Waals surface area contributed by atoms with E-state index in [9.17, 15) is 8.42 Å². The number of nitrogens with two attached hydrogens (primary N) is 1. The van der Waals surface area contributed by atoms with Gasteiger partial charge in [0.1, 0.15) is 5.82 Å². The number of rotatable bonds is 5. The van der Waals surface area contributed by atoms with Crippen molar-refractivity contribution in [1.29, 1.82) is 0 Å². The van der Waals surface area contributed by atoms with Crippen molar-refractivity contribution < 1.29 is 13.2 Å². The number of ether oxygens (including phenoxy) is 1. The molecule has 0 unspecified atom stereocenters. The molecule has 0 aliphatic rings. The summed E-state index contributed by atoms with van der Waals surface area (Å²) in [6, 6.07) is 0. The molecule has 0 aromatic rings. The summed E-state index contributed by atoms with van der Waals surface area (Å²) in [6.07, 6.45) is 0. The Hall–Kier alpha value is -0.750. The number of methoxy groups -OCH3 is 1. The zero-order valence-electron chi connectivity index (χ0n) is 8.15. The highest BCUT2D eigenvalue weighted by Gasteiger charge is 2.08. The van der Waals surface area contributed by atoms with Crippen LogP contribution in [0.2, 0.25) is 0 Å². The summed E-state index contributed by atoms with van der Waals surface area (Å²) in [4.78, 5) is 1.53. The lowest BCUT2D eigenvalue weighted by Gasteiger charge is -2.11. The van der Waals surface area contributed by atoms with Gasteiger partial charge in [-0.1, -0.05) is 0 Å². The third-order valence-electron chi connectivity index (χ3n) is 1.39. The Balaban J connectivity index is 4.40. The van der Waals surface area contributed by atoms with Crippen LogP contribution in [0, 0.1) is 0 Å². The molecule has 0 spiro atoms. The van der Waals surface area contributed by atoms with Crippen molar-refractivity contribution in [2.24, 2.45) is 5.73 Å². The first kappa shape index (κ1) is 12.2. The molecule has 0 atom stereocenters. The summed E-state index contributed by atoms with van der Waals surface area (Å²) in [5, 5.41) is 1.05. The second-order valence-electron chi connectivity index (χ2n) is 2.80. The van der Waals surface area contributed by atoms with Gasteiger partial charge in [0.15, 0.2) is 9.84 Å². The number of hydrogen-bond acceptors (Lipinski definition) is 5. The van der Waals surface area contributed by atoms with Crippen LogP contribution < -0.4 is 5.73 Å². The van der Waals surface area contributed by atoms with E-state index in [2.05, 4.69) is 4.74 Å². The van der Waals surface area contributed by atoms with E-state index in [4.69, 9.17) is 5.73 Å². The third-order valence-corrected chi connectivity index (χ3v) is 2.72. The summed E-state index contributed by atoms with van der Waals surface area (Å²) in [7, 11) is 1.57. The standard InChI is InChI=1S/C7H16N2O3S/c1-9(2)7(8)6-13(10,11)5-4-12-3/h6H,4-5,8H2,1-3H3/b7-6+. The van der Waals surface area contributed by atoms with Gasteiger partial charge in [0.2, 0.25) is 0 Å². The van der Waals surface area contributed by atoms with Crippen LogP contribution >= 0.6 is 0 Å². The minimum atomic E-state index is -3.24. The third kappa shape index (κ3) is 5.48. The highest BCUT2D eigenvalue weighted by atomic mass is 32.2. The van der Waals surface area contributed by atoms with Gasteiger partial charge in [-0.15, -0.1) is 0 Å². The van der Waals surface area contributed by atoms with E-state index in [1.165, 1.54) is 12.0 Å². The molecule has 78 valence electrons. The molecule has 0 bridgehead atoms. The van der Waals surface area contributed by atoms with Gasteiger partial charge in [-0.2, -0.15) is 0 Å². The van der Waals surface area contributed by atoms with Gasteiger partial charge in [0.25, 0.3) is 0 Å². The van der Waals surface area contributed by atoms with Crippen LogP contribution in [0.25, 0.3) is 0 Å². The molecule has 13 heavy (non-hydrogen) atoms. The van der Waals surface area contributed by atoms with Gasteiger partial charge >= 0.3 is 0 Å². The van der Waals surface area contributed by atoms with Crippen LogP contribution in [-0.2, 0) is 14.6 Å². The summed E-state index contributed by atoms with van der Waals surface area (Å²) >= 11 is 0. The maximum Gasteiger partial charge on any atom is 0.177 e. The largest absolute Gasteiger partial charge is 0.385 e. The predicted molar refractivity (Wildman–Crippen MR) is 51.6 cm³/mol. The van der Waals surface area contributed by atoms with Gasteiger partial charge < -0.3 is 15.4 Å². The van der Waals surface area contributed by atoms with Crippen molar-refractivity contribution in [2.45, 2.75) is 0 Å². The average molecular weight is 208 g/mol. The smallest absolute Gasteiger partial charge is 0.177 e. The Bertz CT molecular complexity index is 269. The van der Waals surface area contributed by atoms with E-state index in [-0.39, 0.29) is 18.2 Å². The second-order valence-corrected chi connectivity index (χ2v) is 4.77. The molecular weight excluding hydrogens is 192 g/mol. The Morgan fingerprint density at radius 1 is 1.54 bits per heavy atom. The summed E-state index contributed by atoms with van der Waals surface area (Å²) < 4.78 is 27.1. The SMILES string of the molecule is COCCS(=O)(=O)/C=C(\N)N(C)C. The van der Waals surface area contributed by atoms with E-state index >= 15 is 0 Å². The number of hydrogen-bond donors (Lipinski definition) is 1. The van der Waals surface area contributed by atoms with Crippen molar-refractivity contribution >= 4 is 9.84 Å². The van der Waals surface area contributed by atoms with Gasteiger partial charge in [0.05, 0.1) is 17.8 Å². The van der Waals surface area contributed by atoms with Crippen molar-refractivity contribution in [3.63, 3.8) is 0 Å². The van der Waals surface area contributed by atoms with E-state index < -0.39 is 9.84 Å². The maximum absolute atomic E-state index is 11.2. The fourth-order valence-electron chi connectivity index (χ4n) is 0.548. The average Bonchev–Trinajstić information content (AvgIpc) is 2.00. The maximum atomic E-state index is 11.2. The second kappa shape index (κ2) is 5.08. The van der Waals surface area contributed by atoms with Crippen LogP contribution in [0.4, 0.5) is 0 Å². The molecule has 0 amide bonds. The van der Waals surface area contributed by atoms with Crippen molar-refractivity contribution in [3.05, 3.63) is 11.2 Å². The fraction of sp³-hybridized carbons (Fsp3) is 0.714. The molecule has 0 saturated carbocycles. The van der Waals surface area contributed by atoms with Crippen LogP contribution in [0.5, 0.6) is 0 Å². The van der Waals surface area contributed by atoms with Gasteiger partial charge in [-0.25, -0.2) is 8.42 Å². The number of nitrogens with zero attached hydrogens (tertiary/aromatic N) is 1. The molecule has 2 N–H and O–H groups in total. The van der Waals surface area contributed by atoms with Crippen LogP contribution in [-0.4, -0.2) is 46.9 Å². The van der Waals surface area contributed by atoms with Crippen LogP contribution in [0.3, 0.4) is 0 Å². The first-order valence-electron chi connectivity index (χ1n) is 3.75. The molecule has 0 aliphatic heterocycles. The first-order valence-corrected chi connectivity index (χ1v) is 5.47. The lowest BCUT2D eigenvalue weighted by atomic mass is 10.7. The monoisotopic (exact) mass is 208 g/mol. The number of sulfone groups is 1. The lowest BCUT2D eigenvalue weighted by Crippen LogP contribution is -2.21. The predicted octanol–water partition coefficient (Wildman–Crippen LogP) is -0.633. The molecule has 0 aromatic heterocycles. The van der Waals surface area contributed by atoms with E-state index in [1.807, 2.05) is 0 Å². The zero-order valence-corrected chi connectivity index (χ0v) is 8.97. The highest BCUT2D eigenvalue weighted by molar-refractivity contribution is 7.94. The minimum absolute atomic E-state index is 0.0436. The van der Waals surface area contributed by atoms with Gasteiger partial charge in [0, 0.05) is 21.2 Å². The Morgan fingerprint density at radius 3 is 2.46 bits per heavy atom. The molecule has 0 radical (unpaired) electrons. The molecule has 6 heteroatoms. The quantitative estimate of drug-likeness (QED) is 0.651. The molecule has 0 rings (SSSR count). The summed E-state index contributed by atoms with van der Waals surface area (Å²) in [6.45, 7) is 0.180. The van der Waals surface area contributed by atoms with Crippen LogP contribution in [0.15, 0.2) is 11.2 Å². The fourth-order valence-corrected chi connectivity index (χ4v) is 1.64. The van der Waals surface area contributed by atoms with E-state index in [0.717, 1.165) is 5.41 Å². The van der Waals surface area contributed by atoms with Gasteiger partial charge in [-0.3, -0.25) is 0 Å². The minimum Gasteiger partial charge on any atom is -0.385 e. The first-order chi connectivity index (χ1) is 5.89. The molecule has 0 heterocycles. The van der Waals surface area contributed by atoms with Crippen LogP contribution in [0.1, 0.15) is 0 Å². The summed E-state index contributed by atoms with van der Waals surface area (Å²) in [5.74, 6) is 0.175. The molecule has 0 aromatic carbocycles. The Morgan fingerprint density at radius 2 is 2.08 bits per heavy atom. The molecule has 0 fully saturated rings. The lowest BCUT2D eigenvalue weighted by molar-refractivity contribution is 0.217. The topological polar surface area (TPSA) is 72.6 Å². The molecule has 5 nitrogen and oxygen atoms in total. The highest BCUT2D eigenvalue weighted by Crippen LogP contribution is 1.97. The zero-order chi connectivity index (χ0) is 10.5. The van der Waals surface area contributed by atoms with Crippen molar-refractivity contribution in [1.82, 2.24) is 4.90 Å². The molecule has 0 aliphatic carbocycles. The van der Waals surface area contributed by atoms with Gasteiger partial charge in [-0.05, 0) is 0 Å². The van der Waals surface area contributed by atoms with E-state index in [1.54, 1.807) is 14.1 Å². The normalized spacial score (nSPS) is 13.0.